The van der Waals surface area contributed by atoms with Gasteiger partial charge in [-0.2, -0.15) is 0 Å². The van der Waals surface area contributed by atoms with Crippen LogP contribution in [0.2, 0.25) is 0 Å². The normalized spacial score (nSPS) is 10.1. The second-order valence-electron chi connectivity index (χ2n) is 3.09. The van der Waals surface area contributed by atoms with E-state index in [2.05, 4.69) is 0 Å². The molecule has 0 bridgehead atoms. The summed E-state index contributed by atoms with van der Waals surface area (Å²) in [4.78, 5) is 0. The van der Waals surface area contributed by atoms with Crippen LogP contribution in [0.3, 0.4) is 0 Å². The lowest BCUT2D eigenvalue weighted by Crippen LogP contribution is -1.88. The molecule has 1 nitrogen and oxygen atoms in total. The molecule has 0 aliphatic carbocycles. The van der Waals surface area contributed by atoms with E-state index in [1.54, 1.807) is 12.1 Å². The molecule has 2 aromatic carbocycles. The molecule has 0 fully saturated rings. The monoisotopic (exact) mass is 187 g/mol. The van der Waals surface area contributed by atoms with Crippen molar-refractivity contribution in [2.24, 2.45) is 0 Å². The highest BCUT2D eigenvalue weighted by molar-refractivity contribution is 5.75. The fourth-order valence-corrected chi connectivity index (χ4v) is 1.39. The standard InChI is InChI=1S/C12H10FN/c13-10-7-5-9(6-8-10)11-3-1-2-4-12(11)14/h1-8H,14H2. The molecule has 0 aliphatic rings. The summed E-state index contributed by atoms with van der Waals surface area (Å²) in [5, 5.41) is 0. The number of nitrogen functional groups attached to an aromatic ring is 1. The van der Waals surface area contributed by atoms with Gasteiger partial charge in [0.25, 0.3) is 0 Å². The van der Waals surface area contributed by atoms with Crippen LogP contribution in [0.1, 0.15) is 0 Å². The van der Waals surface area contributed by atoms with Gasteiger partial charge in [0, 0.05) is 11.3 Å². The van der Waals surface area contributed by atoms with E-state index in [0.717, 1.165) is 11.1 Å². The zero-order chi connectivity index (χ0) is 9.97. The van der Waals surface area contributed by atoms with Gasteiger partial charge < -0.3 is 5.73 Å². The number of hydrogen-bond acceptors (Lipinski definition) is 1. The van der Waals surface area contributed by atoms with Gasteiger partial charge in [-0.1, -0.05) is 30.3 Å². The first-order valence-electron chi connectivity index (χ1n) is 4.38. The molecule has 2 heteroatoms. The van der Waals surface area contributed by atoms with E-state index >= 15 is 0 Å². The van der Waals surface area contributed by atoms with Crippen LogP contribution >= 0.6 is 0 Å². The Labute approximate surface area is 82.0 Å². The summed E-state index contributed by atoms with van der Waals surface area (Å²) in [7, 11) is 0. The highest BCUT2D eigenvalue weighted by Gasteiger charge is 2.00. The van der Waals surface area contributed by atoms with Gasteiger partial charge in [0.2, 0.25) is 0 Å². The van der Waals surface area contributed by atoms with Gasteiger partial charge in [-0.15, -0.1) is 0 Å². The fourth-order valence-electron chi connectivity index (χ4n) is 1.39. The third-order valence-corrected chi connectivity index (χ3v) is 2.12. The topological polar surface area (TPSA) is 26.0 Å². The predicted molar refractivity (Wildman–Crippen MR) is 56.2 cm³/mol. The number of nitrogens with two attached hydrogens (primary N) is 1. The number of halogens is 1. The number of hydrogen-bond donors (Lipinski definition) is 1. The first kappa shape index (κ1) is 8.75. The second-order valence-corrected chi connectivity index (χ2v) is 3.09. The fraction of sp³-hybridized carbons (Fsp3) is 0. The molecule has 2 aromatic rings. The van der Waals surface area contributed by atoms with E-state index in [1.165, 1.54) is 12.1 Å². The minimum atomic E-state index is -0.233. The molecule has 0 heterocycles. The van der Waals surface area contributed by atoms with Crippen molar-refractivity contribution in [3.8, 4) is 11.1 Å². The van der Waals surface area contributed by atoms with Crippen molar-refractivity contribution in [2.45, 2.75) is 0 Å². The molecule has 0 saturated carbocycles. The summed E-state index contributed by atoms with van der Waals surface area (Å²) in [6.07, 6.45) is 0. The Balaban J connectivity index is 2.50. The Morgan fingerprint density at radius 3 is 2.14 bits per heavy atom. The predicted octanol–water partition coefficient (Wildman–Crippen LogP) is 3.07. The van der Waals surface area contributed by atoms with Crippen LogP contribution in [0.15, 0.2) is 48.5 Å². The highest BCUT2D eigenvalue weighted by atomic mass is 19.1. The number of benzene rings is 2. The molecule has 14 heavy (non-hydrogen) atoms. The van der Waals surface area contributed by atoms with Gasteiger partial charge in [-0.3, -0.25) is 0 Å². The third-order valence-electron chi connectivity index (χ3n) is 2.12. The molecular formula is C12H10FN. The smallest absolute Gasteiger partial charge is 0.123 e. The van der Waals surface area contributed by atoms with E-state index in [9.17, 15) is 4.39 Å². The van der Waals surface area contributed by atoms with E-state index in [-0.39, 0.29) is 5.82 Å². The van der Waals surface area contributed by atoms with Crippen LogP contribution < -0.4 is 5.73 Å². The molecule has 0 atom stereocenters. The van der Waals surface area contributed by atoms with Crippen molar-refractivity contribution in [3.05, 3.63) is 54.3 Å². The van der Waals surface area contributed by atoms with Crippen LogP contribution in [0, 0.1) is 5.82 Å². The average Bonchev–Trinajstić information content (AvgIpc) is 2.20. The molecule has 0 saturated heterocycles. The molecule has 2 N–H and O–H groups in total. The van der Waals surface area contributed by atoms with Gasteiger partial charge in [0.1, 0.15) is 5.82 Å². The number of rotatable bonds is 1. The van der Waals surface area contributed by atoms with Crippen molar-refractivity contribution in [2.75, 3.05) is 5.73 Å². The van der Waals surface area contributed by atoms with E-state index in [4.69, 9.17) is 5.73 Å². The Kier molecular flexibility index (Phi) is 2.19. The lowest BCUT2D eigenvalue weighted by atomic mass is 10.0. The lowest BCUT2D eigenvalue weighted by Gasteiger charge is -2.04. The first-order valence-corrected chi connectivity index (χ1v) is 4.38. The number of anilines is 1. The summed E-state index contributed by atoms with van der Waals surface area (Å²) in [5.74, 6) is -0.233. The summed E-state index contributed by atoms with van der Waals surface area (Å²) in [6, 6.07) is 13.9. The molecule has 2 rings (SSSR count). The first-order chi connectivity index (χ1) is 6.77. The summed E-state index contributed by atoms with van der Waals surface area (Å²) in [5.41, 5.74) is 8.38. The lowest BCUT2D eigenvalue weighted by molar-refractivity contribution is 0.628. The molecule has 0 aliphatic heterocycles. The highest BCUT2D eigenvalue weighted by Crippen LogP contribution is 2.25. The summed E-state index contributed by atoms with van der Waals surface area (Å²) >= 11 is 0. The molecule has 0 radical (unpaired) electrons. The zero-order valence-electron chi connectivity index (χ0n) is 7.57. The number of para-hydroxylation sites is 1. The molecular weight excluding hydrogens is 177 g/mol. The Morgan fingerprint density at radius 1 is 0.857 bits per heavy atom. The minimum absolute atomic E-state index is 0.233. The molecule has 0 amide bonds. The van der Waals surface area contributed by atoms with Gasteiger partial charge >= 0.3 is 0 Å². The van der Waals surface area contributed by atoms with Crippen LogP contribution in [0.5, 0.6) is 0 Å². The van der Waals surface area contributed by atoms with Crippen molar-refractivity contribution in [3.63, 3.8) is 0 Å². The average molecular weight is 187 g/mol. The molecule has 0 unspecified atom stereocenters. The summed E-state index contributed by atoms with van der Waals surface area (Å²) < 4.78 is 12.7. The third kappa shape index (κ3) is 1.59. The van der Waals surface area contributed by atoms with E-state index < -0.39 is 0 Å². The Bertz CT molecular complexity index is 434. The van der Waals surface area contributed by atoms with Crippen LogP contribution in [0.4, 0.5) is 10.1 Å². The maximum atomic E-state index is 12.7. The van der Waals surface area contributed by atoms with Crippen molar-refractivity contribution in [1.82, 2.24) is 0 Å². The summed E-state index contributed by atoms with van der Waals surface area (Å²) in [6.45, 7) is 0. The van der Waals surface area contributed by atoms with E-state index in [1.807, 2.05) is 24.3 Å². The van der Waals surface area contributed by atoms with Crippen LogP contribution in [-0.4, -0.2) is 0 Å². The van der Waals surface area contributed by atoms with Crippen LogP contribution in [0.25, 0.3) is 11.1 Å². The van der Waals surface area contributed by atoms with Gasteiger partial charge in [-0.25, -0.2) is 4.39 Å². The van der Waals surface area contributed by atoms with Crippen LogP contribution in [-0.2, 0) is 0 Å². The Morgan fingerprint density at radius 2 is 1.50 bits per heavy atom. The maximum absolute atomic E-state index is 12.7. The van der Waals surface area contributed by atoms with Gasteiger partial charge in [0.15, 0.2) is 0 Å². The Hall–Kier alpha value is -1.83. The molecule has 0 spiro atoms. The van der Waals surface area contributed by atoms with Gasteiger partial charge in [0.05, 0.1) is 0 Å². The SMILES string of the molecule is Nc1ccccc1-c1ccc(F)cc1. The van der Waals surface area contributed by atoms with Gasteiger partial charge in [-0.05, 0) is 23.8 Å². The second kappa shape index (κ2) is 3.50. The quantitative estimate of drug-likeness (QED) is 0.682. The molecule has 70 valence electrons. The largest absolute Gasteiger partial charge is 0.398 e. The van der Waals surface area contributed by atoms with Crippen molar-refractivity contribution >= 4 is 5.69 Å². The minimum Gasteiger partial charge on any atom is -0.398 e. The van der Waals surface area contributed by atoms with Crippen molar-refractivity contribution in [1.29, 1.82) is 0 Å². The zero-order valence-corrected chi connectivity index (χ0v) is 7.57. The molecule has 0 aromatic heterocycles. The van der Waals surface area contributed by atoms with Crippen molar-refractivity contribution < 1.29 is 4.39 Å². The van der Waals surface area contributed by atoms with E-state index in [0.29, 0.717) is 5.69 Å². The maximum Gasteiger partial charge on any atom is 0.123 e.